The number of nitrogens with zero attached hydrogens (tertiary/aromatic N) is 4. The first kappa shape index (κ1) is 58.6. The fraction of sp³-hybridized carbons (Fsp3) is 0.618. The molecule has 2 aromatic rings. The maximum absolute atomic E-state index is 14.5. The van der Waals surface area contributed by atoms with Crippen molar-refractivity contribution in [3.8, 4) is 0 Å². The van der Waals surface area contributed by atoms with Gasteiger partial charge in [-0.2, -0.15) is 0 Å². The number of rotatable bonds is 16. The first-order chi connectivity index (χ1) is 35.9. The Labute approximate surface area is 447 Å². The Morgan fingerprint density at radius 3 is 1.28 bits per heavy atom. The molecule has 21 nitrogen and oxygen atoms in total. The summed E-state index contributed by atoms with van der Waals surface area (Å²) in [6, 6.07) is 8.88. The van der Waals surface area contributed by atoms with Gasteiger partial charge < -0.3 is 62.1 Å². The topological polar surface area (TPSA) is 263 Å². The van der Waals surface area contributed by atoms with E-state index in [1.807, 2.05) is 90.1 Å². The van der Waals surface area contributed by atoms with Crippen LogP contribution in [0.3, 0.4) is 0 Å². The quantitative estimate of drug-likeness (QED) is 0.118. The molecule has 2 aromatic carbocycles. The van der Waals surface area contributed by atoms with E-state index in [2.05, 4.69) is 42.5 Å². The van der Waals surface area contributed by atoms with E-state index in [1.54, 1.807) is 27.9 Å². The van der Waals surface area contributed by atoms with E-state index in [4.69, 9.17) is 0 Å². The van der Waals surface area contributed by atoms with E-state index >= 15 is 0 Å². The minimum absolute atomic E-state index is 0.0263. The number of likely N-dealkylation sites (N-methyl/N-ethyl adjacent to an activating group) is 2. The van der Waals surface area contributed by atoms with Crippen LogP contribution in [-0.4, -0.2) is 176 Å². The van der Waals surface area contributed by atoms with E-state index in [-0.39, 0.29) is 63.2 Å². The van der Waals surface area contributed by atoms with Crippen LogP contribution in [-0.2, 0) is 51.2 Å². The van der Waals surface area contributed by atoms with Gasteiger partial charge in [-0.1, -0.05) is 90.1 Å². The third-order valence-electron chi connectivity index (χ3n) is 15.3. The maximum atomic E-state index is 14.5. The molecular formula is C55H82N12O9. The molecule has 0 radical (unpaired) electrons. The van der Waals surface area contributed by atoms with Gasteiger partial charge >= 0.3 is 6.03 Å². The average Bonchev–Trinajstić information content (AvgIpc) is 3.40. The van der Waals surface area contributed by atoms with E-state index in [1.165, 1.54) is 19.6 Å². The number of aryl methyl sites for hydroxylation is 2. The highest BCUT2D eigenvalue weighted by molar-refractivity contribution is 5.96. The summed E-state index contributed by atoms with van der Waals surface area (Å²) in [5.41, 5.74) is 2.75. The fourth-order valence-corrected chi connectivity index (χ4v) is 10.4. The van der Waals surface area contributed by atoms with Gasteiger partial charge in [0.15, 0.2) is 0 Å². The van der Waals surface area contributed by atoms with Crippen molar-refractivity contribution in [1.29, 1.82) is 0 Å². The number of benzene rings is 2. The Kier molecular flexibility index (Phi) is 19.7. The van der Waals surface area contributed by atoms with Gasteiger partial charge in [-0.05, 0) is 99.6 Å². The van der Waals surface area contributed by atoms with Crippen molar-refractivity contribution in [2.24, 2.45) is 10.8 Å². The molecule has 6 rings (SSSR count). The minimum atomic E-state index is -1.13. The second kappa shape index (κ2) is 25.5. The first-order valence-electron chi connectivity index (χ1n) is 26.8. The molecule has 416 valence electrons. The lowest BCUT2D eigenvalue weighted by Gasteiger charge is -2.44. The molecule has 8 N–H and O–H groups in total. The minimum Gasteiger partial charge on any atom is -0.347 e. The number of urea groups is 1. The predicted octanol–water partition coefficient (Wildman–Crippen LogP) is 1.03. The van der Waals surface area contributed by atoms with Crippen molar-refractivity contribution in [2.45, 2.75) is 142 Å². The molecule has 0 bridgehead atoms. The summed E-state index contributed by atoms with van der Waals surface area (Å²) in [5.74, 6) is -3.66. The van der Waals surface area contributed by atoms with Gasteiger partial charge in [-0.15, -0.1) is 0 Å². The summed E-state index contributed by atoms with van der Waals surface area (Å²) < 4.78 is 0. The number of fused-ring (bicyclic) bond motifs is 2. The SMILES string of the molecule is CN[C@@H](C)C(=O)N[C@H](C(=O)N1CCN(C(=O)CNC(=O)NCC(=O)N2CCN(C(=O)[C@@H](NC(=O)[C@H](C)NC)C(C)(C)C)[C@H](C(=O)N[C@@H]3CCCc4ccccc43)C2)C[C@H]1C(=O)N[C@@H]1CCCc2ccccc21)C(C)(C)C. The van der Waals surface area contributed by atoms with Crippen molar-refractivity contribution in [3.63, 3.8) is 0 Å². The molecule has 2 aliphatic carbocycles. The largest absolute Gasteiger partial charge is 0.347 e. The molecule has 10 amide bonds. The summed E-state index contributed by atoms with van der Waals surface area (Å²) in [5, 5.41) is 22.9. The molecule has 2 fully saturated rings. The molecule has 21 heteroatoms. The molecule has 2 heterocycles. The Bertz CT molecular complexity index is 2310. The number of amides is 10. The predicted molar refractivity (Wildman–Crippen MR) is 286 cm³/mol. The number of hydrogen-bond acceptors (Lipinski definition) is 11. The van der Waals surface area contributed by atoms with Gasteiger partial charge in [0.1, 0.15) is 24.2 Å². The molecule has 8 atom stereocenters. The van der Waals surface area contributed by atoms with Crippen LogP contribution < -0.4 is 42.5 Å². The van der Waals surface area contributed by atoms with Crippen molar-refractivity contribution < 1.29 is 43.2 Å². The summed E-state index contributed by atoms with van der Waals surface area (Å²) >= 11 is 0. The van der Waals surface area contributed by atoms with Gasteiger partial charge in [0, 0.05) is 26.2 Å². The summed E-state index contributed by atoms with van der Waals surface area (Å²) in [6.07, 6.45) is 4.83. The number of hydrogen-bond donors (Lipinski definition) is 8. The highest BCUT2D eigenvalue weighted by atomic mass is 16.2. The van der Waals surface area contributed by atoms with Gasteiger partial charge in [0.05, 0.1) is 50.3 Å². The summed E-state index contributed by atoms with van der Waals surface area (Å²) in [6.45, 7) is 13.0. The van der Waals surface area contributed by atoms with Crippen molar-refractivity contribution in [2.75, 3.05) is 66.5 Å². The van der Waals surface area contributed by atoms with E-state index in [0.29, 0.717) is 12.8 Å². The Morgan fingerprint density at radius 1 is 0.553 bits per heavy atom. The standard InChI is InChI=1S/C55H82N12O9/c1-33(56-9)47(70)62-45(54(3,4)5)51(74)66-27-25-64(31-41(66)49(72)60-39-23-15-19-35-17-11-13-21-37(35)39)43(68)29-58-53(76)59-30-44(69)65-26-28-67(52(75)46(55(6,7)8)63-48(71)34(2)57-10)42(32-65)50(73)61-40-24-16-20-36-18-12-14-22-38(36)40/h11-14,17-18,21-22,33-34,39-42,45-46,56-57H,15-16,19-20,23-32H2,1-10H3,(H,60,72)(H,61,73)(H,62,70)(H,63,71)(H2,58,59,76)/t33-,34-,39+,40+,41-,42-,45+,46+/m0/s1. The Hall–Kier alpha value is -6.61. The molecule has 76 heavy (non-hydrogen) atoms. The fourth-order valence-electron chi connectivity index (χ4n) is 10.4. The highest BCUT2D eigenvalue weighted by Crippen LogP contribution is 2.32. The van der Waals surface area contributed by atoms with Crippen molar-refractivity contribution in [3.05, 3.63) is 70.8 Å². The van der Waals surface area contributed by atoms with Gasteiger partial charge in [-0.25, -0.2) is 4.79 Å². The van der Waals surface area contributed by atoms with Crippen LogP contribution in [0.15, 0.2) is 48.5 Å². The normalized spacial score (nSPS) is 21.3. The van der Waals surface area contributed by atoms with E-state index < -0.39 is 102 Å². The zero-order valence-electron chi connectivity index (χ0n) is 46.1. The lowest BCUT2D eigenvalue weighted by atomic mass is 9.85. The molecule has 0 spiro atoms. The Morgan fingerprint density at radius 2 is 0.921 bits per heavy atom. The monoisotopic (exact) mass is 1050 g/mol. The van der Waals surface area contributed by atoms with Crippen LogP contribution in [0, 0.1) is 10.8 Å². The zero-order chi connectivity index (χ0) is 55.6. The summed E-state index contributed by atoms with van der Waals surface area (Å²) in [4.78, 5) is 131. The summed E-state index contributed by atoms with van der Waals surface area (Å²) in [7, 11) is 3.28. The molecule has 2 aliphatic heterocycles. The van der Waals surface area contributed by atoms with Crippen LogP contribution in [0.4, 0.5) is 4.79 Å². The van der Waals surface area contributed by atoms with Gasteiger partial charge in [-0.3, -0.25) is 38.4 Å². The van der Waals surface area contributed by atoms with Gasteiger partial charge in [0.25, 0.3) is 0 Å². The van der Waals surface area contributed by atoms with Crippen LogP contribution in [0.5, 0.6) is 0 Å². The highest BCUT2D eigenvalue weighted by Gasteiger charge is 2.46. The third kappa shape index (κ3) is 14.4. The molecule has 2 saturated heterocycles. The van der Waals surface area contributed by atoms with E-state index in [9.17, 15) is 43.2 Å². The molecule has 0 unspecified atom stereocenters. The Balaban J connectivity index is 1.11. The van der Waals surface area contributed by atoms with Crippen LogP contribution in [0.2, 0.25) is 0 Å². The second-order valence-electron chi connectivity index (χ2n) is 22.8. The van der Waals surface area contributed by atoms with Crippen LogP contribution >= 0.6 is 0 Å². The maximum Gasteiger partial charge on any atom is 0.315 e. The number of nitrogens with one attached hydrogen (secondary N) is 8. The zero-order valence-corrected chi connectivity index (χ0v) is 46.1. The lowest BCUT2D eigenvalue weighted by molar-refractivity contribution is -0.152. The van der Waals surface area contributed by atoms with Crippen LogP contribution in [0.25, 0.3) is 0 Å². The molecule has 4 aliphatic rings. The number of piperazine rings is 2. The van der Waals surface area contributed by atoms with Crippen molar-refractivity contribution >= 4 is 53.3 Å². The van der Waals surface area contributed by atoms with Crippen LogP contribution in [0.1, 0.15) is 115 Å². The number of carbonyl (C=O) groups excluding carboxylic acids is 9. The molecular weight excluding hydrogens is 973 g/mol. The molecule has 0 saturated carbocycles. The molecule has 0 aromatic heterocycles. The smallest absolute Gasteiger partial charge is 0.315 e. The first-order valence-corrected chi connectivity index (χ1v) is 26.8. The van der Waals surface area contributed by atoms with Gasteiger partial charge in [0.2, 0.25) is 47.3 Å². The lowest BCUT2D eigenvalue weighted by Crippen LogP contribution is -2.67. The third-order valence-corrected chi connectivity index (χ3v) is 15.3. The second-order valence-corrected chi connectivity index (χ2v) is 22.8. The average molecular weight is 1060 g/mol. The van der Waals surface area contributed by atoms with E-state index in [0.717, 1.165) is 47.9 Å². The number of carbonyl (C=O) groups is 9. The van der Waals surface area contributed by atoms with Crippen molar-refractivity contribution in [1.82, 2.24) is 62.1 Å².